The van der Waals surface area contributed by atoms with Gasteiger partial charge in [0, 0.05) is 11.1 Å². The highest BCUT2D eigenvalue weighted by Crippen LogP contribution is 2.39. The van der Waals surface area contributed by atoms with Crippen molar-refractivity contribution in [2.75, 3.05) is 11.4 Å². The van der Waals surface area contributed by atoms with E-state index in [2.05, 4.69) is 15.4 Å². The van der Waals surface area contributed by atoms with Gasteiger partial charge in [0.25, 0.3) is 0 Å². The lowest BCUT2D eigenvalue weighted by molar-refractivity contribution is -0.117. The number of para-hydroxylation sites is 1. The molecule has 1 aliphatic heterocycles. The van der Waals surface area contributed by atoms with E-state index in [0.29, 0.717) is 6.54 Å². The molecular weight excluding hydrogens is 290 g/mol. The summed E-state index contributed by atoms with van der Waals surface area (Å²) in [7, 11) is 0. The van der Waals surface area contributed by atoms with Crippen LogP contribution in [0.1, 0.15) is 5.56 Å². The molecule has 0 fully saturated rings. The number of nitrogens with two attached hydrogens (primary N) is 1. The van der Waals surface area contributed by atoms with Gasteiger partial charge >= 0.3 is 0 Å². The second-order valence-corrected chi connectivity index (χ2v) is 5.38. The number of nitrogens with zero attached hydrogens (tertiary/aromatic N) is 3. The van der Waals surface area contributed by atoms with Gasteiger partial charge < -0.3 is 10.6 Å². The average Bonchev–Trinajstić information content (AvgIpc) is 3.07. The summed E-state index contributed by atoms with van der Waals surface area (Å²) in [4.78, 5) is 14.1. The normalized spacial score (nSPS) is 12.7. The van der Waals surface area contributed by atoms with Gasteiger partial charge in [0.1, 0.15) is 11.4 Å². The predicted octanol–water partition coefficient (Wildman–Crippen LogP) is 1.94. The molecule has 3 N–H and O–H groups in total. The monoisotopic (exact) mass is 305 g/mol. The molecule has 1 aromatic heterocycles. The SMILES string of the molecule is NCC(=O)N1Cc2ccccc2-c2n[nH]nc2-c2ccccc21. The zero-order valence-corrected chi connectivity index (χ0v) is 12.4. The molecule has 6 nitrogen and oxygen atoms in total. The van der Waals surface area contributed by atoms with Crippen LogP contribution in [-0.4, -0.2) is 27.9 Å². The summed E-state index contributed by atoms with van der Waals surface area (Å²) in [5, 5.41) is 11.3. The molecule has 4 rings (SSSR count). The number of aromatic amines is 1. The molecule has 0 unspecified atom stereocenters. The van der Waals surface area contributed by atoms with Crippen molar-refractivity contribution in [1.82, 2.24) is 15.4 Å². The highest BCUT2D eigenvalue weighted by molar-refractivity contribution is 6.00. The molecule has 0 saturated carbocycles. The van der Waals surface area contributed by atoms with Crippen LogP contribution in [0.15, 0.2) is 48.5 Å². The fraction of sp³-hybridized carbons (Fsp3) is 0.118. The van der Waals surface area contributed by atoms with Gasteiger partial charge in [0.05, 0.1) is 18.8 Å². The van der Waals surface area contributed by atoms with Crippen molar-refractivity contribution in [3.05, 3.63) is 54.1 Å². The largest absolute Gasteiger partial charge is 0.322 e. The summed E-state index contributed by atoms with van der Waals surface area (Å²) < 4.78 is 0. The average molecular weight is 305 g/mol. The third-order valence-electron chi connectivity index (χ3n) is 4.07. The van der Waals surface area contributed by atoms with Gasteiger partial charge in [-0.3, -0.25) is 4.79 Å². The van der Waals surface area contributed by atoms with E-state index in [-0.39, 0.29) is 12.5 Å². The quantitative estimate of drug-likeness (QED) is 0.719. The first-order chi connectivity index (χ1) is 11.3. The van der Waals surface area contributed by atoms with E-state index >= 15 is 0 Å². The Hall–Kier alpha value is -2.99. The predicted molar refractivity (Wildman–Crippen MR) is 87.5 cm³/mol. The summed E-state index contributed by atoms with van der Waals surface area (Å²) in [6, 6.07) is 15.6. The van der Waals surface area contributed by atoms with Crippen LogP contribution in [0.2, 0.25) is 0 Å². The van der Waals surface area contributed by atoms with Gasteiger partial charge in [-0.1, -0.05) is 42.5 Å². The van der Waals surface area contributed by atoms with E-state index in [1.54, 1.807) is 4.90 Å². The number of anilines is 1. The van der Waals surface area contributed by atoms with Crippen LogP contribution in [0.3, 0.4) is 0 Å². The molecule has 0 radical (unpaired) electrons. The summed E-state index contributed by atoms with van der Waals surface area (Å²) in [6.45, 7) is 0.414. The standard InChI is InChI=1S/C17H15N5O/c18-9-15(23)22-10-11-5-1-2-6-12(11)16-17(20-21-19-16)13-7-3-4-8-14(13)22/h1-8H,9-10,18H2,(H,19,20,21). The number of amides is 1. The number of hydrogen-bond donors (Lipinski definition) is 2. The van der Waals surface area contributed by atoms with Gasteiger partial charge in [-0.2, -0.15) is 15.4 Å². The van der Waals surface area contributed by atoms with Crippen molar-refractivity contribution in [2.45, 2.75) is 6.54 Å². The molecule has 1 amide bonds. The highest BCUT2D eigenvalue weighted by atomic mass is 16.2. The number of aromatic nitrogens is 3. The van der Waals surface area contributed by atoms with Crippen LogP contribution in [0, 0.1) is 0 Å². The van der Waals surface area contributed by atoms with Gasteiger partial charge in [0.15, 0.2) is 0 Å². The van der Waals surface area contributed by atoms with E-state index < -0.39 is 0 Å². The number of H-pyrrole nitrogens is 1. The van der Waals surface area contributed by atoms with E-state index in [9.17, 15) is 4.79 Å². The number of nitrogens with one attached hydrogen (secondary N) is 1. The molecule has 2 heterocycles. The zero-order valence-electron chi connectivity index (χ0n) is 12.4. The molecule has 0 aliphatic carbocycles. The minimum atomic E-state index is -0.126. The van der Waals surface area contributed by atoms with Crippen molar-refractivity contribution >= 4 is 11.6 Å². The Morgan fingerprint density at radius 2 is 1.70 bits per heavy atom. The highest BCUT2D eigenvalue weighted by Gasteiger charge is 2.26. The zero-order chi connectivity index (χ0) is 15.8. The van der Waals surface area contributed by atoms with Gasteiger partial charge in [0.2, 0.25) is 5.91 Å². The summed E-state index contributed by atoms with van der Waals surface area (Å²) >= 11 is 0. The van der Waals surface area contributed by atoms with Crippen LogP contribution in [0.25, 0.3) is 22.5 Å². The van der Waals surface area contributed by atoms with Crippen LogP contribution in [0.5, 0.6) is 0 Å². The third-order valence-corrected chi connectivity index (χ3v) is 4.07. The molecule has 0 spiro atoms. The molecule has 3 aromatic rings. The Morgan fingerprint density at radius 3 is 2.48 bits per heavy atom. The Morgan fingerprint density at radius 1 is 1.04 bits per heavy atom. The number of benzene rings is 2. The molecule has 114 valence electrons. The smallest absolute Gasteiger partial charge is 0.241 e. The van der Waals surface area contributed by atoms with Crippen molar-refractivity contribution in [2.24, 2.45) is 5.73 Å². The lowest BCUT2D eigenvalue weighted by Gasteiger charge is -2.27. The van der Waals surface area contributed by atoms with Gasteiger partial charge in [-0.15, -0.1) is 0 Å². The summed E-state index contributed by atoms with van der Waals surface area (Å²) in [6.07, 6.45) is 0. The van der Waals surface area contributed by atoms with E-state index in [1.165, 1.54) is 0 Å². The Labute approximate surface area is 132 Å². The number of rotatable bonds is 1. The Bertz CT molecular complexity index is 886. The van der Waals surface area contributed by atoms with E-state index in [1.807, 2.05) is 48.5 Å². The Kier molecular flexibility index (Phi) is 3.17. The lowest BCUT2D eigenvalue weighted by Crippen LogP contribution is -2.36. The molecule has 23 heavy (non-hydrogen) atoms. The molecule has 1 aliphatic rings. The maximum atomic E-state index is 12.4. The van der Waals surface area contributed by atoms with Crippen molar-refractivity contribution in [3.8, 4) is 22.5 Å². The summed E-state index contributed by atoms with van der Waals surface area (Å²) in [5.41, 5.74) is 10.8. The van der Waals surface area contributed by atoms with Crippen molar-refractivity contribution in [3.63, 3.8) is 0 Å². The van der Waals surface area contributed by atoms with Gasteiger partial charge in [-0.25, -0.2) is 0 Å². The first-order valence-corrected chi connectivity index (χ1v) is 7.38. The summed E-state index contributed by atoms with van der Waals surface area (Å²) in [5.74, 6) is -0.126. The first kappa shape index (κ1) is 13.7. The van der Waals surface area contributed by atoms with Crippen LogP contribution >= 0.6 is 0 Å². The molecule has 0 bridgehead atoms. The van der Waals surface area contributed by atoms with E-state index in [0.717, 1.165) is 33.8 Å². The first-order valence-electron chi connectivity index (χ1n) is 7.38. The van der Waals surface area contributed by atoms with Crippen molar-refractivity contribution in [1.29, 1.82) is 0 Å². The minimum absolute atomic E-state index is 0.0395. The topological polar surface area (TPSA) is 87.9 Å². The van der Waals surface area contributed by atoms with Crippen LogP contribution in [-0.2, 0) is 11.3 Å². The minimum Gasteiger partial charge on any atom is -0.322 e. The molecular formula is C17H15N5O. The third kappa shape index (κ3) is 2.11. The second kappa shape index (κ2) is 5.33. The maximum absolute atomic E-state index is 12.4. The number of fused-ring (bicyclic) bond motifs is 5. The molecule has 0 saturated heterocycles. The number of carbonyl (C=O) groups is 1. The van der Waals surface area contributed by atoms with E-state index in [4.69, 9.17) is 5.73 Å². The number of hydrogen-bond acceptors (Lipinski definition) is 4. The maximum Gasteiger partial charge on any atom is 0.241 e. The van der Waals surface area contributed by atoms with Crippen LogP contribution < -0.4 is 10.6 Å². The Balaban J connectivity index is 2.04. The molecule has 2 aromatic carbocycles. The van der Waals surface area contributed by atoms with Crippen LogP contribution in [0.4, 0.5) is 5.69 Å². The fourth-order valence-corrected chi connectivity index (χ4v) is 2.99. The van der Waals surface area contributed by atoms with Crippen molar-refractivity contribution < 1.29 is 4.79 Å². The fourth-order valence-electron chi connectivity index (χ4n) is 2.99. The molecule has 0 atom stereocenters. The number of carbonyl (C=O) groups excluding carboxylic acids is 1. The molecule has 6 heteroatoms. The lowest BCUT2D eigenvalue weighted by atomic mass is 9.96. The second-order valence-electron chi connectivity index (χ2n) is 5.38. The van der Waals surface area contributed by atoms with Gasteiger partial charge in [-0.05, 0) is 11.6 Å².